The minimum absolute atomic E-state index is 0.169. The van der Waals surface area contributed by atoms with E-state index < -0.39 is 0 Å². The van der Waals surface area contributed by atoms with E-state index in [0.717, 1.165) is 16.9 Å². The first-order valence-electron chi connectivity index (χ1n) is 6.36. The fourth-order valence-electron chi connectivity index (χ4n) is 2.31. The molecule has 2 aromatic rings. The van der Waals surface area contributed by atoms with Crippen molar-refractivity contribution in [2.75, 3.05) is 4.90 Å². The van der Waals surface area contributed by atoms with Crippen LogP contribution >= 0.6 is 0 Å². The second-order valence-electron chi connectivity index (χ2n) is 4.87. The lowest BCUT2D eigenvalue weighted by Crippen LogP contribution is -2.20. The molecule has 1 fully saturated rings. The smallest absolute Gasteiger partial charge is 0.125 e. The van der Waals surface area contributed by atoms with E-state index in [1.165, 1.54) is 18.9 Å². The summed E-state index contributed by atoms with van der Waals surface area (Å²) in [4.78, 5) is 2.26. The van der Waals surface area contributed by atoms with Crippen molar-refractivity contribution in [3.8, 4) is 0 Å². The molecule has 0 heterocycles. The van der Waals surface area contributed by atoms with Gasteiger partial charge in [0.15, 0.2) is 0 Å². The van der Waals surface area contributed by atoms with Gasteiger partial charge in [0.2, 0.25) is 0 Å². The topological polar surface area (TPSA) is 3.24 Å². The molecule has 0 N–H and O–H groups in total. The molecule has 1 aliphatic carbocycles. The normalized spacial score (nSPS) is 14.6. The number of aryl methyl sites for hydroxylation is 1. The molecule has 0 spiro atoms. The van der Waals surface area contributed by atoms with Crippen LogP contribution in [0.25, 0.3) is 0 Å². The van der Waals surface area contributed by atoms with Gasteiger partial charge in [-0.2, -0.15) is 0 Å². The Kier molecular flexibility index (Phi) is 2.78. The molecule has 18 heavy (non-hydrogen) atoms. The monoisotopic (exact) mass is 241 g/mol. The fourth-order valence-corrected chi connectivity index (χ4v) is 2.31. The molecule has 2 aromatic carbocycles. The van der Waals surface area contributed by atoms with E-state index in [-0.39, 0.29) is 5.82 Å². The standard InChI is InChI=1S/C16H16FN/c1-12-7-8-13(17)11-16(12)18(15-9-10-15)14-5-3-2-4-6-14/h2-8,11,15H,9-10H2,1H3. The van der Waals surface area contributed by atoms with Gasteiger partial charge in [0, 0.05) is 17.4 Å². The van der Waals surface area contributed by atoms with Crippen LogP contribution in [0.2, 0.25) is 0 Å². The number of benzene rings is 2. The van der Waals surface area contributed by atoms with Gasteiger partial charge in [-0.1, -0.05) is 24.3 Å². The summed E-state index contributed by atoms with van der Waals surface area (Å²) in [6.45, 7) is 2.03. The third kappa shape index (κ3) is 2.10. The molecule has 0 atom stereocenters. The highest BCUT2D eigenvalue weighted by molar-refractivity contribution is 5.68. The molecule has 0 amide bonds. The lowest BCUT2D eigenvalue weighted by molar-refractivity contribution is 0.627. The quantitative estimate of drug-likeness (QED) is 0.768. The van der Waals surface area contributed by atoms with Crippen molar-refractivity contribution in [1.29, 1.82) is 0 Å². The Morgan fingerprint density at radius 2 is 1.78 bits per heavy atom. The van der Waals surface area contributed by atoms with Crippen LogP contribution < -0.4 is 4.90 Å². The van der Waals surface area contributed by atoms with E-state index in [9.17, 15) is 4.39 Å². The third-order valence-electron chi connectivity index (χ3n) is 3.38. The van der Waals surface area contributed by atoms with Crippen LogP contribution in [0, 0.1) is 12.7 Å². The second kappa shape index (κ2) is 4.45. The van der Waals surface area contributed by atoms with Crippen LogP contribution in [0.1, 0.15) is 18.4 Å². The van der Waals surface area contributed by atoms with E-state index in [2.05, 4.69) is 17.0 Å². The number of halogens is 1. The van der Waals surface area contributed by atoms with Crippen molar-refractivity contribution in [3.05, 3.63) is 59.9 Å². The summed E-state index contributed by atoms with van der Waals surface area (Å²) < 4.78 is 13.5. The highest BCUT2D eigenvalue weighted by Crippen LogP contribution is 2.39. The van der Waals surface area contributed by atoms with Gasteiger partial charge in [-0.15, -0.1) is 0 Å². The molecule has 3 rings (SSSR count). The first-order chi connectivity index (χ1) is 8.75. The van der Waals surface area contributed by atoms with E-state index in [1.807, 2.05) is 31.2 Å². The molecular weight excluding hydrogens is 225 g/mol. The summed E-state index contributed by atoms with van der Waals surface area (Å²) in [6.07, 6.45) is 2.37. The summed E-state index contributed by atoms with van der Waals surface area (Å²) in [6, 6.07) is 15.8. The van der Waals surface area contributed by atoms with Gasteiger partial charge in [-0.05, 0) is 49.6 Å². The first kappa shape index (κ1) is 11.3. The zero-order valence-electron chi connectivity index (χ0n) is 10.4. The fraction of sp³-hybridized carbons (Fsp3) is 0.250. The molecule has 1 nitrogen and oxygen atoms in total. The van der Waals surface area contributed by atoms with Crippen molar-refractivity contribution in [3.63, 3.8) is 0 Å². The highest BCUT2D eigenvalue weighted by atomic mass is 19.1. The minimum Gasteiger partial charge on any atom is -0.338 e. The Morgan fingerprint density at radius 1 is 1.06 bits per heavy atom. The SMILES string of the molecule is Cc1ccc(F)cc1N(c1ccccc1)C1CC1. The largest absolute Gasteiger partial charge is 0.338 e. The Morgan fingerprint density at radius 3 is 2.44 bits per heavy atom. The summed E-state index contributed by atoms with van der Waals surface area (Å²) in [5, 5.41) is 0. The number of nitrogens with zero attached hydrogens (tertiary/aromatic N) is 1. The maximum absolute atomic E-state index is 13.5. The Labute approximate surface area is 107 Å². The Balaban J connectivity index is 2.07. The van der Waals surface area contributed by atoms with Crippen LogP contribution in [0.3, 0.4) is 0 Å². The molecule has 0 bridgehead atoms. The van der Waals surface area contributed by atoms with Gasteiger partial charge in [0.25, 0.3) is 0 Å². The molecule has 0 saturated heterocycles. The molecule has 1 aliphatic rings. The van der Waals surface area contributed by atoms with Gasteiger partial charge in [-0.25, -0.2) is 4.39 Å². The molecule has 2 heteroatoms. The zero-order chi connectivity index (χ0) is 12.5. The second-order valence-corrected chi connectivity index (χ2v) is 4.87. The van der Waals surface area contributed by atoms with Gasteiger partial charge < -0.3 is 4.90 Å². The number of hydrogen-bond donors (Lipinski definition) is 0. The number of hydrogen-bond acceptors (Lipinski definition) is 1. The van der Waals surface area contributed by atoms with E-state index in [1.54, 1.807) is 6.07 Å². The Bertz CT molecular complexity index is 546. The summed E-state index contributed by atoms with van der Waals surface area (Å²) in [5.74, 6) is -0.169. The maximum Gasteiger partial charge on any atom is 0.125 e. The first-order valence-corrected chi connectivity index (χ1v) is 6.36. The van der Waals surface area contributed by atoms with Gasteiger partial charge in [0.1, 0.15) is 5.82 Å². The number of para-hydroxylation sites is 1. The van der Waals surface area contributed by atoms with Crippen molar-refractivity contribution < 1.29 is 4.39 Å². The van der Waals surface area contributed by atoms with Gasteiger partial charge in [0.05, 0.1) is 0 Å². The van der Waals surface area contributed by atoms with Gasteiger partial charge >= 0.3 is 0 Å². The Hall–Kier alpha value is -1.83. The predicted molar refractivity (Wildman–Crippen MR) is 72.7 cm³/mol. The van der Waals surface area contributed by atoms with E-state index in [0.29, 0.717) is 6.04 Å². The molecule has 1 saturated carbocycles. The lowest BCUT2D eigenvalue weighted by atomic mass is 10.1. The van der Waals surface area contributed by atoms with Crippen molar-refractivity contribution in [2.24, 2.45) is 0 Å². The maximum atomic E-state index is 13.5. The highest BCUT2D eigenvalue weighted by Gasteiger charge is 2.31. The van der Waals surface area contributed by atoms with Crippen LogP contribution in [0.15, 0.2) is 48.5 Å². The van der Waals surface area contributed by atoms with Crippen LogP contribution in [-0.2, 0) is 0 Å². The molecule has 92 valence electrons. The molecule has 0 unspecified atom stereocenters. The predicted octanol–water partition coefficient (Wildman–Crippen LogP) is 4.43. The van der Waals surface area contributed by atoms with E-state index in [4.69, 9.17) is 0 Å². The lowest BCUT2D eigenvalue weighted by Gasteiger charge is -2.26. The van der Waals surface area contributed by atoms with Crippen molar-refractivity contribution >= 4 is 11.4 Å². The number of rotatable bonds is 3. The van der Waals surface area contributed by atoms with E-state index >= 15 is 0 Å². The summed E-state index contributed by atoms with van der Waals surface area (Å²) in [5.41, 5.74) is 3.25. The van der Waals surface area contributed by atoms with Crippen molar-refractivity contribution in [2.45, 2.75) is 25.8 Å². The van der Waals surface area contributed by atoms with Gasteiger partial charge in [-0.3, -0.25) is 0 Å². The minimum atomic E-state index is -0.169. The third-order valence-corrected chi connectivity index (χ3v) is 3.38. The molecule has 0 radical (unpaired) electrons. The molecule has 0 aromatic heterocycles. The molecular formula is C16H16FN. The van der Waals surface area contributed by atoms with Crippen molar-refractivity contribution in [1.82, 2.24) is 0 Å². The molecule has 0 aliphatic heterocycles. The summed E-state index contributed by atoms with van der Waals surface area (Å²) in [7, 11) is 0. The number of anilines is 2. The van der Waals surface area contributed by atoms with Crippen LogP contribution in [0.4, 0.5) is 15.8 Å². The summed E-state index contributed by atoms with van der Waals surface area (Å²) >= 11 is 0. The average Bonchev–Trinajstić information content (AvgIpc) is 3.20. The van der Waals surface area contributed by atoms with Crippen LogP contribution in [-0.4, -0.2) is 6.04 Å². The van der Waals surface area contributed by atoms with Crippen LogP contribution in [0.5, 0.6) is 0 Å². The average molecular weight is 241 g/mol. The zero-order valence-corrected chi connectivity index (χ0v) is 10.4.